The van der Waals surface area contributed by atoms with Crippen molar-refractivity contribution in [3.8, 4) is 5.82 Å². The number of rotatable bonds is 8. The first kappa shape index (κ1) is 29.6. The van der Waals surface area contributed by atoms with E-state index in [-0.39, 0.29) is 33.5 Å². The van der Waals surface area contributed by atoms with E-state index in [0.29, 0.717) is 23.1 Å². The molecule has 4 rings (SSSR count). The molecule has 0 fully saturated rings. The number of carbonyl (C=O) groups excluding carboxylic acids is 2. The lowest BCUT2D eigenvalue weighted by Crippen LogP contribution is -2.34. The summed E-state index contributed by atoms with van der Waals surface area (Å²) in [6.45, 7) is 5.13. The normalized spacial score (nSPS) is 11.9. The summed E-state index contributed by atoms with van der Waals surface area (Å²) >= 11 is 6.28. The summed E-state index contributed by atoms with van der Waals surface area (Å²) < 4.78 is 66.7. The number of carbonyl (C=O) groups is 2. The van der Waals surface area contributed by atoms with Crippen LogP contribution in [0.2, 0.25) is 5.02 Å². The van der Waals surface area contributed by atoms with Crippen molar-refractivity contribution in [3.05, 3.63) is 81.5 Å². The minimum Gasteiger partial charge on any atom is -0.352 e. The Morgan fingerprint density at radius 2 is 1.78 bits per heavy atom. The number of aryl methyl sites for hydroxylation is 2. The molecule has 0 bridgehead atoms. The topological polar surface area (TPSA) is 120 Å². The first-order valence-corrected chi connectivity index (χ1v) is 12.4. The molecule has 41 heavy (non-hydrogen) atoms. The van der Waals surface area contributed by atoms with Crippen molar-refractivity contribution in [1.29, 1.82) is 0 Å². The Bertz CT molecular complexity index is 1620. The molecule has 0 aliphatic carbocycles. The molecule has 3 heterocycles. The lowest BCUT2D eigenvalue weighted by Gasteiger charge is -2.16. The van der Waals surface area contributed by atoms with Gasteiger partial charge in [-0.3, -0.25) is 9.59 Å². The lowest BCUT2D eigenvalue weighted by molar-refractivity contribution is -0.291. The molecule has 0 unspecified atom stereocenters. The molecule has 0 atom stereocenters. The van der Waals surface area contributed by atoms with E-state index in [1.54, 1.807) is 39.0 Å². The number of amides is 2. The van der Waals surface area contributed by atoms with Gasteiger partial charge < -0.3 is 10.6 Å². The summed E-state index contributed by atoms with van der Waals surface area (Å²) in [7, 11) is 0. The van der Waals surface area contributed by atoms with Gasteiger partial charge in [0, 0.05) is 12.7 Å². The summed E-state index contributed by atoms with van der Waals surface area (Å²) in [5.41, 5.74) is 0.133. The molecule has 0 aliphatic heterocycles. The first-order valence-electron chi connectivity index (χ1n) is 12.0. The van der Waals surface area contributed by atoms with Crippen LogP contribution in [0.15, 0.2) is 42.7 Å². The zero-order chi connectivity index (χ0) is 30.1. The van der Waals surface area contributed by atoms with Crippen molar-refractivity contribution in [2.45, 2.75) is 39.4 Å². The Morgan fingerprint density at radius 3 is 2.44 bits per heavy atom. The predicted molar refractivity (Wildman–Crippen MR) is 137 cm³/mol. The third-order valence-electron chi connectivity index (χ3n) is 5.75. The van der Waals surface area contributed by atoms with E-state index < -0.39 is 36.2 Å². The van der Waals surface area contributed by atoms with Crippen molar-refractivity contribution in [1.82, 2.24) is 35.1 Å². The van der Waals surface area contributed by atoms with Gasteiger partial charge in [-0.2, -0.15) is 42.0 Å². The number of halogens is 6. The van der Waals surface area contributed by atoms with Gasteiger partial charge in [0.1, 0.15) is 12.2 Å². The SMILES string of the molecule is CCNC(=O)c1cc(C)cc(C)c1NC(=O)c1cc(Cn2ncc(C(F)(F)C(F)(F)F)n2)nn1-c1ncccc1Cl. The second-order valence-electron chi connectivity index (χ2n) is 8.89. The summed E-state index contributed by atoms with van der Waals surface area (Å²) in [6.07, 6.45) is -4.17. The van der Waals surface area contributed by atoms with Crippen LogP contribution in [0.4, 0.5) is 27.6 Å². The van der Waals surface area contributed by atoms with Crippen molar-refractivity contribution in [2.75, 3.05) is 11.9 Å². The van der Waals surface area contributed by atoms with Crippen molar-refractivity contribution in [2.24, 2.45) is 0 Å². The minimum atomic E-state index is -5.86. The van der Waals surface area contributed by atoms with E-state index in [9.17, 15) is 31.5 Å². The molecule has 0 saturated heterocycles. The van der Waals surface area contributed by atoms with E-state index in [0.717, 1.165) is 10.2 Å². The van der Waals surface area contributed by atoms with Crippen LogP contribution in [-0.2, 0) is 12.5 Å². The van der Waals surface area contributed by atoms with E-state index in [4.69, 9.17) is 11.6 Å². The highest BCUT2D eigenvalue weighted by Crippen LogP contribution is 2.42. The highest BCUT2D eigenvalue weighted by Gasteiger charge is 2.60. The van der Waals surface area contributed by atoms with Gasteiger partial charge in [0.05, 0.1) is 28.2 Å². The molecule has 2 N–H and O–H groups in total. The third kappa shape index (κ3) is 6.04. The van der Waals surface area contributed by atoms with Crippen LogP contribution in [0.3, 0.4) is 0 Å². The zero-order valence-electron chi connectivity index (χ0n) is 21.7. The fraction of sp³-hybridized carbons (Fsp3) is 0.280. The molecule has 0 radical (unpaired) electrons. The molecule has 4 aromatic rings. The lowest BCUT2D eigenvalue weighted by atomic mass is 10.0. The van der Waals surface area contributed by atoms with Gasteiger partial charge in [0.15, 0.2) is 11.5 Å². The quantitative estimate of drug-likeness (QED) is 0.281. The molecule has 3 aromatic heterocycles. The number of pyridine rings is 1. The van der Waals surface area contributed by atoms with E-state index >= 15 is 0 Å². The molecule has 16 heteroatoms. The molecule has 10 nitrogen and oxygen atoms in total. The Balaban J connectivity index is 1.73. The third-order valence-corrected chi connectivity index (χ3v) is 6.05. The van der Waals surface area contributed by atoms with Crippen LogP contribution in [0.25, 0.3) is 5.82 Å². The average Bonchev–Trinajstić information content (AvgIpc) is 3.53. The van der Waals surface area contributed by atoms with Crippen LogP contribution < -0.4 is 10.6 Å². The van der Waals surface area contributed by atoms with Crippen molar-refractivity contribution >= 4 is 29.1 Å². The number of alkyl halides is 5. The Labute approximate surface area is 234 Å². The highest BCUT2D eigenvalue weighted by atomic mass is 35.5. The van der Waals surface area contributed by atoms with Gasteiger partial charge in [0.25, 0.3) is 11.8 Å². The van der Waals surface area contributed by atoms with Gasteiger partial charge in [0.2, 0.25) is 0 Å². The largest absolute Gasteiger partial charge is 0.459 e. The molecular weight excluding hydrogens is 575 g/mol. The van der Waals surface area contributed by atoms with Crippen LogP contribution >= 0.6 is 11.6 Å². The van der Waals surface area contributed by atoms with E-state index in [1.807, 2.05) is 0 Å². The van der Waals surface area contributed by atoms with Gasteiger partial charge in [-0.15, -0.1) is 0 Å². The fourth-order valence-electron chi connectivity index (χ4n) is 3.92. The molecule has 0 aliphatic rings. The second-order valence-corrected chi connectivity index (χ2v) is 9.30. The van der Waals surface area contributed by atoms with Crippen LogP contribution in [0.5, 0.6) is 0 Å². The zero-order valence-corrected chi connectivity index (χ0v) is 22.5. The van der Waals surface area contributed by atoms with Gasteiger partial charge in [-0.25, -0.2) is 9.67 Å². The average molecular weight is 597 g/mol. The number of hydrogen-bond acceptors (Lipinski definition) is 6. The standard InChI is InChI=1S/C25H22ClF5N8O2/c1-4-32-22(40)16-9-13(2)8-14(3)20(16)35-23(41)18-10-15(36-39(18)21-17(26)6-5-7-33-21)12-38-34-11-19(37-38)24(27,28)25(29,30)31/h5-11H,4,12H2,1-3H3,(H,32,40)(H,35,41). The number of benzene rings is 1. The maximum Gasteiger partial charge on any atom is 0.459 e. The fourth-order valence-corrected chi connectivity index (χ4v) is 4.12. The molecule has 0 saturated carbocycles. The van der Waals surface area contributed by atoms with Crippen LogP contribution in [0.1, 0.15) is 50.3 Å². The van der Waals surface area contributed by atoms with Crippen molar-refractivity contribution < 1.29 is 31.5 Å². The summed E-state index contributed by atoms with van der Waals surface area (Å²) in [5.74, 6) is -6.33. The maximum absolute atomic E-state index is 13.7. The molecular formula is C25H22ClF5N8O2. The van der Waals surface area contributed by atoms with Gasteiger partial charge >= 0.3 is 12.1 Å². The second kappa shape index (κ2) is 11.2. The monoisotopic (exact) mass is 596 g/mol. The molecule has 216 valence electrons. The van der Waals surface area contributed by atoms with Gasteiger partial charge in [-0.1, -0.05) is 17.7 Å². The number of anilines is 1. The number of nitrogens with one attached hydrogen (secondary N) is 2. The molecule has 0 spiro atoms. The summed E-state index contributed by atoms with van der Waals surface area (Å²) in [6, 6.07) is 7.67. The number of aromatic nitrogens is 6. The van der Waals surface area contributed by atoms with Crippen molar-refractivity contribution in [3.63, 3.8) is 0 Å². The summed E-state index contributed by atoms with van der Waals surface area (Å²) in [4.78, 5) is 31.0. The first-order chi connectivity index (χ1) is 19.2. The van der Waals surface area contributed by atoms with Gasteiger partial charge in [-0.05, 0) is 56.2 Å². The maximum atomic E-state index is 13.7. The summed E-state index contributed by atoms with van der Waals surface area (Å²) in [5, 5.41) is 16.5. The molecule has 1 aromatic carbocycles. The van der Waals surface area contributed by atoms with E-state index in [1.165, 1.54) is 18.3 Å². The van der Waals surface area contributed by atoms with E-state index in [2.05, 4.69) is 30.9 Å². The number of nitrogens with zero attached hydrogens (tertiary/aromatic N) is 6. The Hall–Kier alpha value is -4.40. The van der Waals surface area contributed by atoms with Crippen LogP contribution in [0, 0.1) is 13.8 Å². The Kier molecular flexibility index (Phi) is 8.10. The highest BCUT2D eigenvalue weighted by molar-refractivity contribution is 6.32. The van der Waals surface area contributed by atoms with Crippen LogP contribution in [-0.4, -0.2) is 54.3 Å². The number of hydrogen-bond donors (Lipinski definition) is 2. The Morgan fingerprint density at radius 1 is 1.05 bits per heavy atom. The predicted octanol–water partition coefficient (Wildman–Crippen LogP) is 4.83. The molecule has 2 amide bonds. The minimum absolute atomic E-state index is 0.0129. The smallest absolute Gasteiger partial charge is 0.352 e.